The van der Waals surface area contributed by atoms with Crippen LogP contribution in [0.5, 0.6) is 5.75 Å². The van der Waals surface area contributed by atoms with Gasteiger partial charge in [-0.3, -0.25) is 9.69 Å². The van der Waals surface area contributed by atoms with Crippen molar-refractivity contribution in [3.63, 3.8) is 0 Å². The number of carbonyl (C=O) groups excluding carboxylic acids is 1. The molecule has 4 rings (SSSR count). The van der Waals surface area contributed by atoms with E-state index in [9.17, 15) is 27.9 Å². The van der Waals surface area contributed by atoms with E-state index < -0.39 is 41.1 Å². The first kappa shape index (κ1) is 31.7. The molecular formula is C30H32ClF5N2O4. The Morgan fingerprint density at radius 1 is 1.17 bits per heavy atom. The van der Waals surface area contributed by atoms with Crippen molar-refractivity contribution in [2.24, 2.45) is 0 Å². The molecule has 1 heterocycles. The summed E-state index contributed by atoms with van der Waals surface area (Å²) in [5.41, 5.74) is -1.31. The van der Waals surface area contributed by atoms with Crippen LogP contribution in [0.2, 0.25) is 5.02 Å². The van der Waals surface area contributed by atoms with E-state index in [1.807, 2.05) is 4.90 Å². The van der Waals surface area contributed by atoms with Gasteiger partial charge >= 0.3 is 12.1 Å². The number of piperidine rings is 1. The Morgan fingerprint density at radius 2 is 1.83 bits per heavy atom. The Bertz CT molecular complexity index is 1360. The third kappa shape index (κ3) is 8.22. The van der Waals surface area contributed by atoms with Crippen LogP contribution < -0.4 is 10.1 Å². The number of benzene rings is 2. The summed E-state index contributed by atoms with van der Waals surface area (Å²) in [6.07, 6.45) is -1.50. The lowest BCUT2D eigenvalue weighted by atomic mass is 9.93. The molecule has 6 nitrogen and oxygen atoms in total. The van der Waals surface area contributed by atoms with E-state index in [-0.39, 0.29) is 61.3 Å². The van der Waals surface area contributed by atoms with E-state index in [0.29, 0.717) is 16.7 Å². The summed E-state index contributed by atoms with van der Waals surface area (Å²) in [6.45, 7) is 3.71. The van der Waals surface area contributed by atoms with Gasteiger partial charge in [0.2, 0.25) is 0 Å². The van der Waals surface area contributed by atoms with Gasteiger partial charge in [-0.1, -0.05) is 23.3 Å². The molecule has 2 aromatic carbocycles. The lowest BCUT2D eigenvalue weighted by molar-refractivity contribution is -0.138. The minimum Gasteiger partial charge on any atom is -0.490 e. The fourth-order valence-electron chi connectivity index (χ4n) is 4.94. The lowest BCUT2D eigenvalue weighted by Crippen LogP contribution is -2.44. The molecule has 0 unspecified atom stereocenters. The predicted molar refractivity (Wildman–Crippen MR) is 147 cm³/mol. The molecule has 1 saturated heterocycles. The highest BCUT2D eigenvalue weighted by Crippen LogP contribution is 2.45. The quantitative estimate of drug-likeness (QED) is 0.225. The van der Waals surface area contributed by atoms with Crippen molar-refractivity contribution < 1.29 is 41.4 Å². The summed E-state index contributed by atoms with van der Waals surface area (Å²) in [4.78, 5) is 26.1. The maximum atomic E-state index is 15.7. The van der Waals surface area contributed by atoms with Gasteiger partial charge in [-0.25, -0.2) is 13.6 Å². The molecule has 42 heavy (non-hydrogen) atoms. The zero-order valence-corrected chi connectivity index (χ0v) is 23.9. The lowest BCUT2D eigenvalue weighted by Gasteiger charge is -2.36. The Kier molecular flexibility index (Phi) is 9.52. The molecule has 228 valence electrons. The number of carbonyl (C=O) groups is 2. The zero-order valence-electron chi connectivity index (χ0n) is 23.2. The van der Waals surface area contributed by atoms with E-state index in [1.54, 1.807) is 13.8 Å². The molecular weight excluding hydrogens is 583 g/mol. The van der Waals surface area contributed by atoms with Crippen molar-refractivity contribution >= 4 is 23.5 Å². The summed E-state index contributed by atoms with van der Waals surface area (Å²) >= 11 is 5.88. The second kappa shape index (κ2) is 12.6. The number of aliphatic carboxylic acids is 1. The molecule has 0 aromatic heterocycles. The van der Waals surface area contributed by atoms with Crippen molar-refractivity contribution in [1.82, 2.24) is 10.2 Å². The fraction of sp³-hybridized carbons (Fsp3) is 0.467. The number of carboxylic acid groups (broad SMARTS) is 1. The second-order valence-corrected chi connectivity index (χ2v) is 11.7. The first-order chi connectivity index (χ1) is 19.6. The van der Waals surface area contributed by atoms with Gasteiger partial charge in [0.05, 0.1) is 11.1 Å². The number of nitrogens with zero attached hydrogens (tertiary/aromatic N) is 1. The van der Waals surface area contributed by atoms with E-state index >= 15 is 8.78 Å². The molecule has 2 aromatic rings. The van der Waals surface area contributed by atoms with Gasteiger partial charge in [0.25, 0.3) is 5.91 Å². The summed E-state index contributed by atoms with van der Waals surface area (Å²) in [6, 6.07) is 4.40. The van der Waals surface area contributed by atoms with Gasteiger partial charge in [-0.2, -0.15) is 13.2 Å². The molecule has 2 N–H and O–H groups in total. The standard InChI is InChI=1S/C30H32ClF5N2O4/c1-17(2)9-25(28(40)41)37-27(39)23-13-22(19-3-4-19)26(14-24(23)32)42-16-29(33)5-7-38(8-6-29)15-18-10-20(30(34,35)36)12-21(31)11-18/h9-14,19,25H,3-8,15-16H2,1-2H3,(H,37,39)(H,40,41)/t25-/m0/s1. The maximum Gasteiger partial charge on any atom is 0.416 e. The Labute approximate surface area is 245 Å². The van der Waals surface area contributed by atoms with Crippen LogP contribution in [0.3, 0.4) is 0 Å². The molecule has 0 bridgehead atoms. The number of hydrogen-bond acceptors (Lipinski definition) is 4. The van der Waals surface area contributed by atoms with Gasteiger partial charge in [-0.05, 0) is 80.8 Å². The van der Waals surface area contributed by atoms with E-state index in [2.05, 4.69) is 5.32 Å². The molecule has 1 saturated carbocycles. The van der Waals surface area contributed by atoms with Crippen molar-refractivity contribution in [2.75, 3.05) is 19.7 Å². The van der Waals surface area contributed by atoms with Crippen LogP contribution in [-0.2, 0) is 17.5 Å². The monoisotopic (exact) mass is 614 g/mol. The van der Waals surface area contributed by atoms with Gasteiger partial charge in [-0.15, -0.1) is 0 Å². The number of ether oxygens (including phenoxy) is 1. The molecule has 1 atom stereocenters. The van der Waals surface area contributed by atoms with E-state index in [4.69, 9.17) is 16.3 Å². The van der Waals surface area contributed by atoms with Gasteiger partial charge < -0.3 is 15.2 Å². The smallest absolute Gasteiger partial charge is 0.416 e. The van der Waals surface area contributed by atoms with Crippen LogP contribution in [0.1, 0.15) is 72.5 Å². The fourth-order valence-corrected chi connectivity index (χ4v) is 5.20. The molecule has 1 aliphatic heterocycles. The molecule has 2 fully saturated rings. The van der Waals surface area contributed by atoms with Crippen LogP contribution in [0.15, 0.2) is 42.0 Å². The van der Waals surface area contributed by atoms with E-state index in [1.165, 1.54) is 18.2 Å². The van der Waals surface area contributed by atoms with Crippen molar-refractivity contribution in [3.05, 3.63) is 75.1 Å². The Morgan fingerprint density at radius 3 is 2.40 bits per heavy atom. The summed E-state index contributed by atoms with van der Waals surface area (Å²) in [5.74, 6) is -2.95. The minimum absolute atomic E-state index is 0.0110. The van der Waals surface area contributed by atoms with Crippen LogP contribution in [0.25, 0.3) is 0 Å². The number of halogens is 6. The highest BCUT2D eigenvalue weighted by Gasteiger charge is 2.37. The third-order valence-electron chi connectivity index (χ3n) is 7.34. The summed E-state index contributed by atoms with van der Waals surface area (Å²) < 4.78 is 75.9. The van der Waals surface area contributed by atoms with Crippen molar-refractivity contribution in [3.8, 4) is 5.75 Å². The van der Waals surface area contributed by atoms with Crippen LogP contribution in [0, 0.1) is 5.82 Å². The number of nitrogens with one attached hydrogen (secondary N) is 1. The highest BCUT2D eigenvalue weighted by atomic mass is 35.5. The normalized spacial score (nSPS) is 17.8. The number of amides is 1. The topological polar surface area (TPSA) is 78.9 Å². The van der Waals surface area contributed by atoms with E-state index in [0.717, 1.165) is 31.0 Å². The molecule has 12 heteroatoms. The third-order valence-corrected chi connectivity index (χ3v) is 7.56. The summed E-state index contributed by atoms with van der Waals surface area (Å²) in [5, 5.41) is 11.7. The Hall–Kier alpha value is -3.18. The largest absolute Gasteiger partial charge is 0.490 e. The number of rotatable bonds is 10. The van der Waals surface area contributed by atoms with Gasteiger partial charge in [0, 0.05) is 30.7 Å². The SMILES string of the molecule is CC(C)=C[C@H](NC(=O)c1cc(C2CC2)c(OCC2(F)CCN(Cc3cc(Cl)cc(C(F)(F)F)c3)CC2)cc1F)C(=O)O. The van der Waals surface area contributed by atoms with Crippen LogP contribution >= 0.6 is 11.6 Å². The predicted octanol–water partition coefficient (Wildman–Crippen LogP) is 6.91. The number of hydrogen-bond donors (Lipinski definition) is 2. The number of allylic oxidation sites excluding steroid dienone is 1. The average Bonchev–Trinajstić information content (AvgIpc) is 3.73. The highest BCUT2D eigenvalue weighted by molar-refractivity contribution is 6.30. The van der Waals surface area contributed by atoms with Gasteiger partial charge in [0.15, 0.2) is 0 Å². The average molecular weight is 615 g/mol. The Balaban J connectivity index is 1.40. The maximum absolute atomic E-state index is 15.7. The van der Waals surface area contributed by atoms with Gasteiger partial charge in [0.1, 0.15) is 29.9 Å². The molecule has 1 amide bonds. The molecule has 2 aliphatic rings. The van der Waals surface area contributed by atoms with Crippen LogP contribution in [-0.4, -0.2) is 53.3 Å². The molecule has 1 aliphatic carbocycles. The first-order valence-electron chi connectivity index (χ1n) is 13.6. The number of likely N-dealkylation sites (tertiary alicyclic amines) is 1. The molecule has 0 radical (unpaired) electrons. The number of alkyl halides is 4. The summed E-state index contributed by atoms with van der Waals surface area (Å²) in [7, 11) is 0. The van der Waals surface area contributed by atoms with Crippen molar-refractivity contribution in [2.45, 2.75) is 69.9 Å². The van der Waals surface area contributed by atoms with Crippen LogP contribution in [0.4, 0.5) is 22.0 Å². The minimum atomic E-state index is -4.53. The second-order valence-electron chi connectivity index (χ2n) is 11.2. The van der Waals surface area contributed by atoms with Crippen molar-refractivity contribution in [1.29, 1.82) is 0 Å². The number of carboxylic acids is 1. The molecule has 0 spiro atoms. The first-order valence-corrected chi connectivity index (χ1v) is 13.9. The zero-order chi connectivity index (χ0) is 30.8.